The van der Waals surface area contributed by atoms with Gasteiger partial charge in [0.15, 0.2) is 6.10 Å². The Balaban J connectivity index is 4.38. The van der Waals surface area contributed by atoms with Gasteiger partial charge in [0.25, 0.3) is 0 Å². The molecular formula is C17H27BrO2. The average molecular weight is 343 g/mol. The molecule has 2 atom stereocenters. The number of halogens is 1. The molecule has 0 aliphatic rings. The van der Waals surface area contributed by atoms with E-state index in [0.717, 1.165) is 43.0 Å². The summed E-state index contributed by atoms with van der Waals surface area (Å²) in [6, 6.07) is 0. The molecule has 0 fully saturated rings. The quantitative estimate of drug-likeness (QED) is 0.258. The zero-order valence-corrected chi connectivity index (χ0v) is 14.6. The van der Waals surface area contributed by atoms with Crippen LogP contribution < -0.4 is 0 Å². The predicted molar refractivity (Wildman–Crippen MR) is 88.8 cm³/mol. The van der Waals surface area contributed by atoms with Crippen molar-refractivity contribution in [3.05, 3.63) is 12.2 Å². The van der Waals surface area contributed by atoms with Crippen molar-refractivity contribution in [1.29, 1.82) is 0 Å². The van der Waals surface area contributed by atoms with Crippen LogP contribution in [-0.2, 0) is 9.53 Å². The minimum absolute atomic E-state index is 0.136. The second-order valence-corrected chi connectivity index (χ2v) is 6.02. The third-order valence-corrected chi connectivity index (χ3v) is 3.52. The molecule has 0 rings (SSSR count). The van der Waals surface area contributed by atoms with E-state index in [2.05, 4.69) is 48.2 Å². The van der Waals surface area contributed by atoms with E-state index >= 15 is 0 Å². The fourth-order valence-corrected chi connectivity index (χ4v) is 2.23. The van der Waals surface area contributed by atoms with Crippen LogP contribution in [0.1, 0.15) is 59.3 Å². The van der Waals surface area contributed by atoms with Gasteiger partial charge in [-0.2, -0.15) is 0 Å². The monoisotopic (exact) mass is 342 g/mol. The fourth-order valence-electron chi connectivity index (χ4n) is 1.83. The Kier molecular flexibility index (Phi) is 11.6. The van der Waals surface area contributed by atoms with Crippen molar-refractivity contribution in [3.63, 3.8) is 0 Å². The molecule has 0 saturated heterocycles. The normalized spacial score (nSPS) is 13.0. The Labute approximate surface area is 132 Å². The summed E-state index contributed by atoms with van der Waals surface area (Å²) in [4.78, 5) is 11.8. The van der Waals surface area contributed by atoms with Crippen LogP contribution in [0.3, 0.4) is 0 Å². The number of rotatable bonds is 9. The van der Waals surface area contributed by atoms with Gasteiger partial charge < -0.3 is 4.74 Å². The highest BCUT2D eigenvalue weighted by Gasteiger charge is 2.18. The maximum atomic E-state index is 11.8. The second kappa shape index (κ2) is 12.0. The van der Waals surface area contributed by atoms with Gasteiger partial charge in [-0.05, 0) is 31.8 Å². The van der Waals surface area contributed by atoms with E-state index in [-0.39, 0.29) is 18.0 Å². The van der Waals surface area contributed by atoms with Crippen LogP contribution in [0.5, 0.6) is 0 Å². The van der Waals surface area contributed by atoms with Crippen LogP contribution in [0, 0.1) is 17.8 Å². The number of esters is 1. The van der Waals surface area contributed by atoms with Gasteiger partial charge in [-0.3, -0.25) is 4.79 Å². The first kappa shape index (κ1) is 19.2. The highest BCUT2D eigenvalue weighted by molar-refractivity contribution is 9.09. The number of ether oxygens (including phenoxy) is 1. The maximum absolute atomic E-state index is 11.8. The summed E-state index contributed by atoms with van der Waals surface area (Å²) in [6.45, 7) is 9.83. The van der Waals surface area contributed by atoms with Crippen molar-refractivity contribution in [1.82, 2.24) is 0 Å². The van der Waals surface area contributed by atoms with Gasteiger partial charge in [-0.1, -0.05) is 61.0 Å². The molecule has 0 bridgehead atoms. The standard InChI is InChI=1S/C17H27BrO2/c1-5-9-15(4)16(12-11-14(2)3)20-17(19)10-7-6-8-13-18/h15-16H,2,5-10,13H2,1,3-4H3. The molecule has 0 spiro atoms. The van der Waals surface area contributed by atoms with Crippen molar-refractivity contribution in [3.8, 4) is 11.8 Å². The molecule has 2 unspecified atom stereocenters. The van der Waals surface area contributed by atoms with Crippen LogP contribution in [-0.4, -0.2) is 17.4 Å². The topological polar surface area (TPSA) is 26.3 Å². The maximum Gasteiger partial charge on any atom is 0.307 e. The highest BCUT2D eigenvalue weighted by Crippen LogP contribution is 2.15. The minimum Gasteiger partial charge on any atom is -0.449 e. The Bertz CT molecular complexity index is 352. The summed E-state index contributed by atoms with van der Waals surface area (Å²) in [5, 5.41) is 0.988. The lowest BCUT2D eigenvalue weighted by Crippen LogP contribution is -2.24. The molecule has 0 saturated carbocycles. The molecule has 0 N–H and O–H groups in total. The molecule has 0 aliphatic heterocycles. The number of carbonyl (C=O) groups is 1. The van der Waals surface area contributed by atoms with E-state index in [1.807, 2.05) is 6.92 Å². The molecule has 20 heavy (non-hydrogen) atoms. The number of hydrogen-bond acceptors (Lipinski definition) is 2. The summed E-state index contributed by atoms with van der Waals surface area (Å²) in [5.41, 5.74) is 0.798. The van der Waals surface area contributed by atoms with E-state index in [1.165, 1.54) is 0 Å². The van der Waals surface area contributed by atoms with E-state index in [1.54, 1.807) is 0 Å². The molecule has 0 amide bonds. The van der Waals surface area contributed by atoms with Crippen LogP contribution >= 0.6 is 15.9 Å². The van der Waals surface area contributed by atoms with Crippen LogP contribution in [0.4, 0.5) is 0 Å². The first-order valence-corrected chi connectivity index (χ1v) is 8.55. The Hall–Kier alpha value is -0.750. The van der Waals surface area contributed by atoms with Crippen LogP contribution in [0.2, 0.25) is 0 Å². The summed E-state index contributed by atoms with van der Waals surface area (Å²) in [7, 11) is 0. The number of allylic oxidation sites excluding steroid dienone is 1. The van der Waals surface area contributed by atoms with Crippen LogP contribution in [0.15, 0.2) is 12.2 Å². The highest BCUT2D eigenvalue weighted by atomic mass is 79.9. The first-order valence-electron chi connectivity index (χ1n) is 7.43. The minimum atomic E-state index is -0.310. The van der Waals surface area contributed by atoms with Crippen molar-refractivity contribution < 1.29 is 9.53 Å². The average Bonchev–Trinajstić information content (AvgIpc) is 2.39. The van der Waals surface area contributed by atoms with E-state index in [0.29, 0.717) is 6.42 Å². The molecule has 114 valence electrons. The summed E-state index contributed by atoms with van der Waals surface area (Å²) < 4.78 is 5.53. The Morgan fingerprint density at radius 3 is 2.60 bits per heavy atom. The summed E-state index contributed by atoms with van der Waals surface area (Å²) in [5.74, 6) is 6.10. The molecule has 0 aromatic carbocycles. The van der Waals surface area contributed by atoms with Crippen molar-refractivity contribution in [2.24, 2.45) is 5.92 Å². The van der Waals surface area contributed by atoms with Gasteiger partial charge in [-0.25, -0.2) is 0 Å². The third kappa shape index (κ3) is 10.1. The smallest absolute Gasteiger partial charge is 0.307 e. The molecule has 2 nitrogen and oxygen atoms in total. The lowest BCUT2D eigenvalue weighted by Gasteiger charge is -2.19. The summed E-state index contributed by atoms with van der Waals surface area (Å²) >= 11 is 3.38. The largest absolute Gasteiger partial charge is 0.449 e. The van der Waals surface area contributed by atoms with Crippen LogP contribution in [0.25, 0.3) is 0 Å². The molecule has 0 radical (unpaired) electrons. The Morgan fingerprint density at radius 2 is 2.05 bits per heavy atom. The van der Waals surface area contributed by atoms with E-state index in [4.69, 9.17) is 4.74 Å². The SMILES string of the molecule is C=C(C)C#CC(OC(=O)CCCCCBr)C(C)CCC. The number of carbonyl (C=O) groups excluding carboxylic acids is 1. The molecule has 0 aromatic heterocycles. The van der Waals surface area contributed by atoms with Crippen molar-refractivity contribution in [2.45, 2.75) is 65.4 Å². The zero-order valence-electron chi connectivity index (χ0n) is 13.0. The molecule has 0 aromatic rings. The fraction of sp³-hybridized carbons (Fsp3) is 0.706. The van der Waals surface area contributed by atoms with Gasteiger partial charge in [0, 0.05) is 17.7 Å². The van der Waals surface area contributed by atoms with E-state index < -0.39 is 0 Å². The number of unbranched alkanes of at least 4 members (excludes halogenated alkanes) is 2. The number of alkyl halides is 1. The second-order valence-electron chi connectivity index (χ2n) is 5.23. The molecule has 3 heteroatoms. The lowest BCUT2D eigenvalue weighted by atomic mass is 9.99. The zero-order chi connectivity index (χ0) is 15.4. The van der Waals surface area contributed by atoms with E-state index in [9.17, 15) is 4.79 Å². The predicted octanol–water partition coefficient (Wildman–Crippen LogP) is 4.87. The molecular weight excluding hydrogens is 316 g/mol. The van der Waals surface area contributed by atoms with Gasteiger partial charge in [0.2, 0.25) is 0 Å². The first-order chi connectivity index (χ1) is 9.51. The molecule has 0 aliphatic carbocycles. The molecule has 0 heterocycles. The van der Waals surface area contributed by atoms with Gasteiger partial charge in [-0.15, -0.1) is 0 Å². The lowest BCUT2D eigenvalue weighted by molar-refractivity contribution is -0.148. The van der Waals surface area contributed by atoms with Crippen molar-refractivity contribution in [2.75, 3.05) is 5.33 Å². The summed E-state index contributed by atoms with van der Waals surface area (Å²) in [6.07, 6.45) is 5.27. The van der Waals surface area contributed by atoms with Crippen molar-refractivity contribution >= 4 is 21.9 Å². The van der Waals surface area contributed by atoms with Gasteiger partial charge in [0.05, 0.1) is 0 Å². The van der Waals surface area contributed by atoms with Gasteiger partial charge >= 0.3 is 5.97 Å². The number of hydrogen-bond donors (Lipinski definition) is 0. The van der Waals surface area contributed by atoms with Gasteiger partial charge in [0.1, 0.15) is 0 Å². The Morgan fingerprint density at radius 1 is 1.35 bits per heavy atom. The third-order valence-electron chi connectivity index (χ3n) is 2.96.